The fourth-order valence-electron chi connectivity index (χ4n) is 2.40. The zero-order valence-corrected chi connectivity index (χ0v) is 14.4. The first-order valence-corrected chi connectivity index (χ1v) is 8.56. The van der Waals surface area contributed by atoms with E-state index in [9.17, 15) is 4.79 Å². The minimum Gasteiger partial charge on any atom is -0.360 e. The summed E-state index contributed by atoms with van der Waals surface area (Å²) in [5.41, 5.74) is 2.34. The van der Waals surface area contributed by atoms with Gasteiger partial charge in [-0.15, -0.1) is 11.3 Å². The van der Waals surface area contributed by atoms with Crippen molar-refractivity contribution < 1.29 is 9.32 Å². The molecule has 2 heterocycles. The van der Waals surface area contributed by atoms with Gasteiger partial charge >= 0.3 is 0 Å². The number of amides is 1. The van der Waals surface area contributed by atoms with Crippen molar-refractivity contribution in [3.63, 3.8) is 0 Å². The maximum absolute atomic E-state index is 12.1. The summed E-state index contributed by atoms with van der Waals surface area (Å²) in [5, 5.41) is 11.9. The molecule has 0 aliphatic rings. The molecule has 0 bridgehead atoms. The number of hydrogen-bond acceptors (Lipinski definition) is 5. The zero-order chi connectivity index (χ0) is 16.9. The molecule has 5 nitrogen and oxygen atoms in total. The van der Waals surface area contributed by atoms with Crippen LogP contribution in [0.3, 0.4) is 0 Å². The number of nitrogens with one attached hydrogen (secondary N) is 2. The predicted octanol–water partition coefficient (Wildman–Crippen LogP) is 3.67. The van der Waals surface area contributed by atoms with E-state index in [1.807, 2.05) is 11.4 Å². The lowest BCUT2D eigenvalue weighted by atomic mass is 10.0. The number of hydrogen-bond donors (Lipinski definition) is 2. The van der Waals surface area contributed by atoms with Gasteiger partial charge in [0.2, 0.25) is 5.91 Å². The molecule has 24 heavy (non-hydrogen) atoms. The van der Waals surface area contributed by atoms with Crippen molar-refractivity contribution in [3.05, 3.63) is 69.6 Å². The maximum atomic E-state index is 12.1. The van der Waals surface area contributed by atoms with E-state index in [0.29, 0.717) is 11.6 Å². The van der Waals surface area contributed by atoms with Crippen molar-refractivity contribution >= 4 is 23.1 Å². The van der Waals surface area contributed by atoms with Gasteiger partial charge in [0, 0.05) is 10.9 Å². The van der Waals surface area contributed by atoms with Crippen LogP contribution in [0, 0.1) is 13.8 Å². The summed E-state index contributed by atoms with van der Waals surface area (Å²) in [6.45, 7) is 4.03. The number of carbonyl (C=O) groups is 1. The smallest absolute Gasteiger partial charge is 0.239 e. The van der Waals surface area contributed by atoms with E-state index in [1.165, 1.54) is 10.4 Å². The van der Waals surface area contributed by atoms with E-state index in [2.05, 4.69) is 53.0 Å². The molecular weight excluding hydrogens is 322 g/mol. The Bertz CT molecular complexity index is 794. The number of anilines is 1. The molecule has 0 radical (unpaired) electrons. The third kappa shape index (κ3) is 4.10. The number of benzene rings is 1. The van der Waals surface area contributed by atoms with Gasteiger partial charge < -0.3 is 9.84 Å². The highest BCUT2D eigenvalue weighted by molar-refractivity contribution is 7.10. The third-order valence-corrected chi connectivity index (χ3v) is 4.54. The van der Waals surface area contributed by atoms with E-state index >= 15 is 0 Å². The van der Waals surface area contributed by atoms with Crippen LogP contribution in [-0.4, -0.2) is 17.6 Å². The molecule has 0 saturated heterocycles. The van der Waals surface area contributed by atoms with Crippen molar-refractivity contribution in [3.8, 4) is 0 Å². The highest BCUT2D eigenvalue weighted by Crippen LogP contribution is 2.26. The molecular formula is C18H19N3O2S. The fourth-order valence-corrected chi connectivity index (χ4v) is 3.23. The van der Waals surface area contributed by atoms with Gasteiger partial charge in [-0.25, -0.2) is 0 Å². The first-order chi connectivity index (χ1) is 11.6. The second kappa shape index (κ2) is 7.42. The van der Waals surface area contributed by atoms with Gasteiger partial charge in [-0.3, -0.25) is 10.1 Å². The highest BCUT2D eigenvalue weighted by Gasteiger charge is 2.16. The van der Waals surface area contributed by atoms with Gasteiger partial charge in [0.15, 0.2) is 5.82 Å². The first-order valence-electron chi connectivity index (χ1n) is 7.68. The fraction of sp³-hybridized carbons (Fsp3) is 0.222. The summed E-state index contributed by atoms with van der Waals surface area (Å²) in [5.74, 6) is 0.939. The molecule has 0 aliphatic heterocycles. The Kier molecular flexibility index (Phi) is 5.08. The van der Waals surface area contributed by atoms with Gasteiger partial charge in [-0.1, -0.05) is 41.1 Å². The van der Waals surface area contributed by atoms with E-state index < -0.39 is 0 Å². The molecule has 0 unspecified atom stereocenters. The van der Waals surface area contributed by atoms with Crippen LogP contribution in [-0.2, 0) is 4.79 Å². The van der Waals surface area contributed by atoms with Gasteiger partial charge in [0.25, 0.3) is 0 Å². The van der Waals surface area contributed by atoms with E-state index in [0.717, 1.165) is 5.56 Å². The number of thiophene rings is 1. The number of nitrogens with zero attached hydrogens (tertiary/aromatic N) is 1. The van der Waals surface area contributed by atoms with Crippen LogP contribution in [0.4, 0.5) is 5.82 Å². The third-order valence-electron chi connectivity index (χ3n) is 3.60. The average molecular weight is 341 g/mol. The second-order valence-electron chi connectivity index (χ2n) is 5.61. The Morgan fingerprint density at radius 1 is 1.25 bits per heavy atom. The van der Waals surface area contributed by atoms with Crippen LogP contribution < -0.4 is 10.6 Å². The molecule has 1 aromatic carbocycles. The molecule has 3 aromatic rings. The van der Waals surface area contributed by atoms with Crippen LogP contribution in [0.25, 0.3) is 0 Å². The average Bonchev–Trinajstić information content (AvgIpc) is 3.21. The highest BCUT2D eigenvalue weighted by atomic mass is 32.1. The number of aryl methyl sites for hydroxylation is 2. The minimum atomic E-state index is -0.156. The van der Waals surface area contributed by atoms with E-state index in [-0.39, 0.29) is 18.5 Å². The van der Waals surface area contributed by atoms with Gasteiger partial charge in [-0.05, 0) is 30.9 Å². The molecule has 124 valence electrons. The Morgan fingerprint density at radius 2 is 2.04 bits per heavy atom. The Balaban J connectivity index is 1.68. The van der Waals surface area contributed by atoms with Crippen molar-refractivity contribution in [1.29, 1.82) is 0 Å². The molecule has 3 rings (SSSR count). The molecule has 0 aliphatic carbocycles. The van der Waals surface area contributed by atoms with Gasteiger partial charge in [0.05, 0.1) is 12.6 Å². The van der Waals surface area contributed by atoms with Crippen LogP contribution >= 0.6 is 11.3 Å². The molecule has 1 amide bonds. The topological polar surface area (TPSA) is 67.2 Å². The largest absolute Gasteiger partial charge is 0.360 e. The minimum absolute atomic E-state index is 0.0182. The number of rotatable bonds is 6. The Labute approximate surface area is 144 Å². The predicted molar refractivity (Wildman–Crippen MR) is 95.2 cm³/mol. The summed E-state index contributed by atoms with van der Waals surface area (Å²) in [6.07, 6.45) is 0. The summed E-state index contributed by atoms with van der Waals surface area (Å²) in [6, 6.07) is 14.1. The van der Waals surface area contributed by atoms with Crippen molar-refractivity contribution in [2.45, 2.75) is 19.9 Å². The SMILES string of the molecule is Cc1ccc([C@@H](NCC(=O)Nc2cc(C)on2)c2cccs2)cc1. The molecule has 1 atom stereocenters. The molecule has 6 heteroatoms. The molecule has 0 saturated carbocycles. The zero-order valence-electron chi connectivity index (χ0n) is 13.6. The number of carbonyl (C=O) groups excluding carboxylic acids is 1. The van der Waals surface area contributed by atoms with Crippen molar-refractivity contribution in [2.24, 2.45) is 0 Å². The summed E-state index contributed by atoms with van der Waals surface area (Å²) >= 11 is 1.67. The van der Waals surface area contributed by atoms with Gasteiger partial charge in [0.1, 0.15) is 5.76 Å². The van der Waals surface area contributed by atoms with Crippen LogP contribution in [0.15, 0.2) is 52.4 Å². The number of aromatic nitrogens is 1. The lowest BCUT2D eigenvalue weighted by Crippen LogP contribution is -2.31. The van der Waals surface area contributed by atoms with Crippen molar-refractivity contribution in [1.82, 2.24) is 10.5 Å². The van der Waals surface area contributed by atoms with Gasteiger partial charge in [-0.2, -0.15) is 0 Å². The molecule has 2 aromatic heterocycles. The monoisotopic (exact) mass is 341 g/mol. The standard InChI is InChI=1S/C18H19N3O2S/c1-12-5-7-14(8-6-12)18(15-4-3-9-24-15)19-11-17(22)20-16-10-13(2)23-21-16/h3-10,18-19H,11H2,1-2H3,(H,20,21,22)/t18-/m1/s1. The van der Waals surface area contributed by atoms with Crippen LogP contribution in [0.1, 0.15) is 27.8 Å². The normalized spacial score (nSPS) is 12.1. The lowest BCUT2D eigenvalue weighted by Gasteiger charge is -2.18. The van der Waals surface area contributed by atoms with E-state index in [1.54, 1.807) is 24.3 Å². The molecule has 0 spiro atoms. The maximum Gasteiger partial charge on any atom is 0.239 e. The molecule has 0 fully saturated rings. The summed E-state index contributed by atoms with van der Waals surface area (Å²) in [7, 11) is 0. The van der Waals surface area contributed by atoms with Crippen molar-refractivity contribution in [2.75, 3.05) is 11.9 Å². The Morgan fingerprint density at radius 3 is 2.67 bits per heavy atom. The second-order valence-corrected chi connectivity index (χ2v) is 6.59. The van der Waals surface area contributed by atoms with Crippen LogP contribution in [0.5, 0.6) is 0 Å². The quantitative estimate of drug-likeness (QED) is 0.718. The molecule has 2 N–H and O–H groups in total. The summed E-state index contributed by atoms with van der Waals surface area (Å²) in [4.78, 5) is 13.3. The lowest BCUT2D eigenvalue weighted by molar-refractivity contribution is -0.115. The Hall–Kier alpha value is -2.44. The first kappa shape index (κ1) is 16.4. The van der Waals surface area contributed by atoms with Crippen LogP contribution in [0.2, 0.25) is 0 Å². The summed E-state index contributed by atoms with van der Waals surface area (Å²) < 4.78 is 4.95. The van der Waals surface area contributed by atoms with E-state index in [4.69, 9.17) is 4.52 Å².